The van der Waals surface area contributed by atoms with Crippen LogP contribution < -0.4 is 0 Å². The second-order valence-corrected chi connectivity index (χ2v) is 16.6. The monoisotopic (exact) mass is 933 g/mol. The highest BCUT2D eigenvalue weighted by atomic mass is 16.6. The van der Waals surface area contributed by atoms with Gasteiger partial charge in [-0.3, -0.25) is 9.59 Å². The molecule has 68 heavy (non-hydrogen) atoms. The minimum Gasteiger partial charge on any atom is -0.462 e. The van der Waals surface area contributed by atoms with E-state index >= 15 is 0 Å². The van der Waals surface area contributed by atoms with E-state index in [2.05, 4.69) is 179 Å². The average Bonchev–Trinajstić information content (AvgIpc) is 3.34. The summed E-state index contributed by atoms with van der Waals surface area (Å²) in [6.07, 6.45) is 85.3. The van der Waals surface area contributed by atoms with Gasteiger partial charge in [-0.2, -0.15) is 0 Å². The highest BCUT2D eigenvalue weighted by Gasteiger charge is 2.17. The van der Waals surface area contributed by atoms with Gasteiger partial charge in [0.1, 0.15) is 6.61 Å². The molecular formula is C63H96O5. The molecule has 0 aromatic carbocycles. The van der Waals surface area contributed by atoms with Crippen molar-refractivity contribution in [1.29, 1.82) is 0 Å². The SMILES string of the molecule is CC/C=C\C/C=C\C/C=C\C/C=C\C/C=C\CCCCCCOCC(COC(=O)CCCCCC/C=C\C/C=C\C/C=C\C/C=C\CC)OC(=O)C/C=C\C/C=C\C/C=C\C/C=C\C/C=C\CC. The second-order valence-electron chi connectivity index (χ2n) is 16.6. The minimum atomic E-state index is -0.629. The molecule has 0 fully saturated rings. The summed E-state index contributed by atoms with van der Waals surface area (Å²) >= 11 is 0. The van der Waals surface area contributed by atoms with Gasteiger partial charge in [0.25, 0.3) is 0 Å². The second kappa shape index (κ2) is 56.6. The third kappa shape index (κ3) is 53.9. The summed E-state index contributed by atoms with van der Waals surface area (Å²) in [6, 6.07) is 0. The van der Waals surface area contributed by atoms with E-state index in [4.69, 9.17) is 14.2 Å². The number of carbonyl (C=O) groups is 2. The molecule has 0 spiro atoms. The first-order valence-corrected chi connectivity index (χ1v) is 26.7. The predicted molar refractivity (Wildman–Crippen MR) is 297 cm³/mol. The van der Waals surface area contributed by atoms with Gasteiger partial charge >= 0.3 is 11.9 Å². The van der Waals surface area contributed by atoms with E-state index in [1.807, 2.05) is 12.2 Å². The molecule has 1 unspecified atom stereocenters. The van der Waals surface area contributed by atoms with Gasteiger partial charge in [-0.05, 0) is 128 Å². The van der Waals surface area contributed by atoms with Crippen molar-refractivity contribution in [2.24, 2.45) is 0 Å². The van der Waals surface area contributed by atoms with E-state index in [0.717, 1.165) is 154 Å². The average molecular weight is 933 g/mol. The molecule has 0 bridgehead atoms. The molecule has 0 radical (unpaired) electrons. The fraction of sp³-hybridized carbons (Fsp3) is 0.524. The van der Waals surface area contributed by atoms with Crippen LogP contribution >= 0.6 is 0 Å². The van der Waals surface area contributed by atoms with E-state index in [9.17, 15) is 9.59 Å². The van der Waals surface area contributed by atoms with E-state index < -0.39 is 6.10 Å². The standard InChI is InChI=1S/C63H96O5/c1-4-7-10-13-16-19-22-25-28-30-31-32-34-37-40-43-46-49-52-55-58-66-59-61(68-63(65)57-54-51-48-45-42-39-35-27-24-21-18-15-12-9-6-3)60-67-62(64)56-53-50-47-44-41-38-36-33-29-26-23-20-17-14-11-8-5-2/h7-12,16-21,25-29,31-32,35-38,40,42,45,51,54,61H,4-6,13-15,22-24,30,33-34,39,41,43-44,46-50,52-53,55-60H2,1-3H3/b10-7-,11-8-,12-9-,19-16-,20-17-,21-18-,28-25-,29-26-,32-31-,35-27-,38-36-,40-37-,45-42-,54-51-. The number of rotatable bonds is 46. The maximum absolute atomic E-state index is 12.8. The Kier molecular flexibility index (Phi) is 52.6. The zero-order valence-electron chi connectivity index (χ0n) is 43.3. The lowest BCUT2D eigenvalue weighted by atomic mass is 10.1. The zero-order valence-corrected chi connectivity index (χ0v) is 43.3. The van der Waals surface area contributed by atoms with Gasteiger partial charge in [-0.25, -0.2) is 0 Å². The Morgan fingerprint density at radius 1 is 0.338 bits per heavy atom. The van der Waals surface area contributed by atoms with Crippen LogP contribution in [0.2, 0.25) is 0 Å². The van der Waals surface area contributed by atoms with Crippen LogP contribution in [0.4, 0.5) is 0 Å². The number of carbonyl (C=O) groups excluding carboxylic acids is 2. The summed E-state index contributed by atoms with van der Waals surface area (Å²) in [5, 5.41) is 0. The lowest BCUT2D eigenvalue weighted by molar-refractivity contribution is -0.162. The van der Waals surface area contributed by atoms with Crippen molar-refractivity contribution in [3.05, 3.63) is 170 Å². The molecule has 0 aliphatic rings. The molecule has 5 heteroatoms. The van der Waals surface area contributed by atoms with E-state index in [1.54, 1.807) is 0 Å². The topological polar surface area (TPSA) is 61.8 Å². The van der Waals surface area contributed by atoms with Gasteiger partial charge in [0.15, 0.2) is 6.10 Å². The van der Waals surface area contributed by atoms with E-state index in [1.165, 1.54) is 0 Å². The van der Waals surface area contributed by atoms with Gasteiger partial charge < -0.3 is 14.2 Å². The molecule has 0 rings (SSSR count). The van der Waals surface area contributed by atoms with E-state index in [0.29, 0.717) is 13.0 Å². The lowest BCUT2D eigenvalue weighted by Crippen LogP contribution is -2.29. The van der Waals surface area contributed by atoms with Crippen molar-refractivity contribution < 1.29 is 23.8 Å². The summed E-state index contributed by atoms with van der Waals surface area (Å²) in [7, 11) is 0. The smallest absolute Gasteiger partial charge is 0.310 e. The summed E-state index contributed by atoms with van der Waals surface area (Å²) in [4.78, 5) is 25.4. The Balaban J connectivity index is 4.53. The summed E-state index contributed by atoms with van der Waals surface area (Å²) < 4.78 is 17.3. The first-order chi connectivity index (χ1) is 33.6. The molecular weight excluding hydrogens is 837 g/mol. The lowest BCUT2D eigenvalue weighted by Gasteiger charge is -2.18. The first kappa shape index (κ1) is 63.3. The molecule has 0 amide bonds. The summed E-state index contributed by atoms with van der Waals surface area (Å²) in [6.45, 7) is 7.26. The van der Waals surface area contributed by atoms with Crippen LogP contribution in [0, 0.1) is 0 Å². The van der Waals surface area contributed by atoms with E-state index in [-0.39, 0.29) is 31.6 Å². The highest BCUT2D eigenvalue weighted by molar-refractivity contribution is 5.71. The number of unbranched alkanes of at least 4 members (excludes halogenated alkanes) is 8. The van der Waals surface area contributed by atoms with Crippen LogP contribution in [-0.2, 0) is 23.8 Å². The number of hydrogen-bond acceptors (Lipinski definition) is 5. The van der Waals surface area contributed by atoms with Crippen molar-refractivity contribution in [1.82, 2.24) is 0 Å². The van der Waals surface area contributed by atoms with Gasteiger partial charge in [0.05, 0.1) is 13.0 Å². The maximum Gasteiger partial charge on any atom is 0.310 e. The predicted octanol–water partition coefficient (Wildman–Crippen LogP) is 18.4. The molecule has 0 heterocycles. The zero-order chi connectivity index (χ0) is 49.2. The highest BCUT2D eigenvalue weighted by Crippen LogP contribution is 2.10. The fourth-order valence-electron chi connectivity index (χ4n) is 6.42. The van der Waals surface area contributed by atoms with Crippen LogP contribution in [0.25, 0.3) is 0 Å². The summed E-state index contributed by atoms with van der Waals surface area (Å²) in [5.74, 6) is -0.602. The Bertz CT molecular complexity index is 1570. The molecule has 0 aliphatic heterocycles. The van der Waals surface area contributed by atoms with Crippen LogP contribution in [0.3, 0.4) is 0 Å². The third-order valence-electron chi connectivity index (χ3n) is 10.3. The Hall–Kier alpha value is -4.74. The molecule has 0 saturated heterocycles. The van der Waals surface area contributed by atoms with Gasteiger partial charge in [0.2, 0.25) is 0 Å². The van der Waals surface area contributed by atoms with Gasteiger partial charge in [0, 0.05) is 13.0 Å². The minimum absolute atomic E-state index is 0.00924. The summed E-state index contributed by atoms with van der Waals surface area (Å²) in [5.41, 5.74) is 0. The van der Waals surface area contributed by atoms with Crippen LogP contribution in [0.15, 0.2) is 170 Å². The Morgan fingerprint density at radius 2 is 0.662 bits per heavy atom. The molecule has 1 atom stereocenters. The number of allylic oxidation sites excluding steroid dienone is 27. The Labute approximate surface area is 417 Å². The molecule has 0 aliphatic carbocycles. The molecule has 0 aromatic rings. The van der Waals surface area contributed by atoms with Crippen molar-refractivity contribution >= 4 is 11.9 Å². The normalized spacial score (nSPS) is 13.6. The molecule has 0 N–H and O–H groups in total. The van der Waals surface area contributed by atoms with Crippen molar-refractivity contribution in [3.63, 3.8) is 0 Å². The first-order valence-electron chi connectivity index (χ1n) is 26.7. The molecule has 0 saturated carbocycles. The van der Waals surface area contributed by atoms with Crippen molar-refractivity contribution in [2.45, 2.75) is 194 Å². The van der Waals surface area contributed by atoms with Gasteiger partial charge in [-0.15, -0.1) is 0 Å². The third-order valence-corrected chi connectivity index (χ3v) is 10.3. The maximum atomic E-state index is 12.8. The van der Waals surface area contributed by atoms with Gasteiger partial charge in [-0.1, -0.05) is 217 Å². The number of hydrogen-bond donors (Lipinski definition) is 0. The molecule has 0 aromatic heterocycles. The van der Waals surface area contributed by atoms with Crippen molar-refractivity contribution in [2.75, 3.05) is 19.8 Å². The van der Waals surface area contributed by atoms with Crippen molar-refractivity contribution in [3.8, 4) is 0 Å². The van der Waals surface area contributed by atoms with Crippen LogP contribution in [0.1, 0.15) is 188 Å². The quantitative estimate of drug-likeness (QED) is 0.0346. The van der Waals surface area contributed by atoms with Crippen LogP contribution in [0.5, 0.6) is 0 Å². The molecule has 378 valence electrons. The molecule has 5 nitrogen and oxygen atoms in total. The Morgan fingerprint density at radius 3 is 1.04 bits per heavy atom. The number of ether oxygens (including phenoxy) is 3. The fourth-order valence-corrected chi connectivity index (χ4v) is 6.42. The largest absolute Gasteiger partial charge is 0.462 e. The number of esters is 2. The van der Waals surface area contributed by atoms with Crippen LogP contribution in [-0.4, -0.2) is 37.9 Å².